The molecule has 1 aromatic rings. The lowest BCUT2D eigenvalue weighted by Crippen LogP contribution is -2.24. The molecule has 102 valence electrons. The van der Waals surface area contributed by atoms with Gasteiger partial charge in [-0.1, -0.05) is 29.3 Å². The molecule has 0 amide bonds. The standard InChI is InChI=1S/C14H21F2NO/c1-10-6-11(2)8-13(7-10)12(3)17-4-5-18-9-14(15)16/h6-8,12,14,17H,4-5,9H2,1-3H3. The number of halogens is 2. The molecule has 0 bridgehead atoms. The highest BCUT2D eigenvalue weighted by Crippen LogP contribution is 2.16. The predicted octanol–water partition coefficient (Wildman–Crippen LogP) is 3.24. The summed E-state index contributed by atoms with van der Waals surface area (Å²) in [4.78, 5) is 0. The number of aryl methyl sites for hydroxylation is 2. The van der Waals surface area contributed by atoms with Gasteiger partial charge in [0, 0.05) is 12.6 Å². The van der Waals surface area contributed by atoms with E-state index in [-0.39, 0.29) is 6.04 Å². The van der Waals surface area contributed by atoms with Gasteiger partial charge in [0.15, 0.2) is 0 Å². The van der Waals surface area contributed by atoms with E-state index in [4.69, 9.17) is 4.74 Å². The maximum absolute atomic E-state index is 11.8. The number of alkyl halides is 2. The third-order valence-corrected chi connectivity index (χ3v) is 2.68. The molecule has 1 atom stereocenters. The Hall–Kier alpha value is -1.00. The summed E-state index contributed by atoms with van der Waals surface area (Å²) in [5, 5.41) is 3.26. The fourth-order valence-corrected chi connectivity index (χ4v) is 1.90. The van der Waals surface area contributed by atoms with E-state index in [1.165, 1.54) is 16.7 Å². The predicted molar refractivity (Wildman–Crippen MR) is 69.2 cm³/mol. The van der Waals surface area contributed by atoms with Crippen LogP contribution in [0.3, 0.4) is 0 Å². The van der Waals surface area contributed by atoms with E-state index >= 15 is 0 Å². The molecule has 0 aliphatic rings. The van der Waals surface area contributed by atoms with Gasteiger partial charge in [-0.05, 0) is 26.3 Å². The molecule has 18 heavy (non-hydrogen) atoms. The van der Waals surface area contributed by atoms with Crippen LogP contribution in [0.15, 0.2) is 18.2 Å². The molecule has 1 rings (SSSR count). The molecule has 4 heteroatoms. The fourth-order valence-electron chi connectivity index (χ4n) is 1.90. The molecule has 0 radical (unpaired) electrons. The molecule has 1 aromatic carbocycles. The Kier molecular flexibility index (Phi) is 6.22. The Morgan fingerprint density at radius 2 is 1.78 bits per heavy atom. The van der Waals surface area contributed by atoms with Gasteiger partial charge in [-0.25, -0.2) is 8.78 Å². The molecule has 0 aromatic heterocycles. The molecule has 0 spiro atoms. The van der Waals surface area contributed by atoms with E-state index in [2.05, 4.69) is 44.3 Å². The SMILES string of the molecule is Cc1cc(C)cc(C(C)NCCOCC(F)F)c1. The van der Waals surface area contributed by atoms with E-state index < -0.39 is 13.0 Å². The largest absolute Gasteiger partial charge is 0.374 e. The molecule has 0 saturated heterocycles. The maximum Gasteiger partial charge on any atom is 0.261 e. The second-order valence-electron chi connectivity index (χ2n) is 4.56. The third kappa shape index (κ3) is 5.56. The summed E-state index contributed by atoms with van der Waals surface area (Å²) >= 11 is 0. The minimum absolute atomic E-state index is 0.193. The van der Waals surface area contributed by atoms with Crippen molar-refractivity contribution in [1.82, 2.24) is 5.32 Å². The van der Waals surface area contributed by atoms with Crippen LogP contribution in [-0.2, 0) is 4.74 Å². The summed E-state index contributed by atoms with van der Waals surface area (Å²) in [6.07, 6.45) is -2.39. The number of benzene rings is 1. The zero-order valence-electron chi connectivity index (χ0n) is 11.2. The summed E-state index contributed by atoms with van der Waals surface area (Å²) in [6, 6.07) is 6.58. The van der Waals surface area contributed by atoms with E-state index in [1.54, 1.807) is 0 Å². The van der Waals surface area contributed by atoms with Gasteiger partial charge in [0.2, 0.25) is 0 Å². The van der Waals surface area contributed by atoms with Crippen LogP contribution in [-0.4, -0.2) is 26.2 Å². The van der Waals surface area contributed by atoms with Gasteiger partial charge in [0.1, 0.15) is 6.61 Å². The molecular weight excluding hydrogens is 236 g/mol. The Morgan fingerprint density at radius 1 is 1.17 bits per heavy atom. The minimum Gasteiger partial charge on any atom is -0.374 e. The van der Waals surface area contributed by atoms with Gasteiger partial charge in [-0.15, -0.1) is 0 Å². The average molecular weight is 257 g/mol. The quantitative estimate of drug-likeness (QED) is 0.757. The topological polar surface area (TPSA) is 21.3 Å². The molecule has 1 N–H and O–H groups in total. The van der Waals surface area contributed by atoms with Crippen LogP contribution in [0, 0.1) is 13.8 Å². The van der Waals surface area contributed by atoms with E-state index in [0.29, 0.717) is 13.2 Å². The third-order valence-electron chi connectivity index (χ3n) is 2.68. The average Bonchev–Trinajstić information content (AvgIpc) is 2.26. The van der Waals surface area contributed by atoms with Crippen LogP contribution in [0.1, 0.15) is 29.7 Å². The summed E-state index contributed by atoms with van der Waals surface area (Å²) < 4.78 is 28.5. The highest BCUT2D eigenvalue weighted by molar-refractivity contribution is 5.30. The fraction of sp³-hybridized carbons (Fsp3) is 0.571. The monoisotopic (exact) mass is 257 g/mol. The van der Waals surface area contributed by atoms with Crippen molar-refractivity contribution in [2.75, 3.05) is 19.8 Å². The first-order valence-electron chi connectivity index (χ1n) is 6.16. The molecule has 0 fully saturated rings. The highest BCUT2D eigenvalue weighted by atomic mass is 19.3. The van der Waals surface area contributed by atoms with Gasteiger partial charge in [0.25, 0.3) is 6.43 Å². The minimum atomic E-state index is -2.39. The maximum atomic E-state index is 11.8. The van der Waals surface area contributed by atoms with Gasteiger partial charge >= 0.3 is 0 Å². The first kappa shape index (κ1) is 15.1. The molecule has 0 heterocycles. The van der Waals surface area contributed by atoms with Crippen molar-refractivity contribution < 1.29 is 13.5 Å². The van der Waals surface area contributed by atoms with Crippen LogP contribution in [0.5, 0.6) is 0 Å². The smallest absolute Gasteiger partial charge is 0.261 e. The Morgan fingerprint density at radius 3 is 2.33 bits per heavy atom. The van der Waals surface area contributed by atoms with Crippen molar-refractivity contribution in [2.24, 2.45) is 0 Å². The van der Waals surface area contributed by atoms with Crippen molar-refractivity contribution in [3.05, 3.63) is 34.9 Å². The van der Waals surface area contributed by atoms with Crippen molar-refractivity contribution in [3.8, 4) is 0 Å². The number of rotatable bonds is 7. The van der Waals surface area contributed by atoms with E-state index in [9.17, 15) is 8.78 Å². The number of nitrogens with one attached hydrogen (secondary N) is 1. The summed E-state index contributed by atoms with van der Waals surface area (Å²) in [7, 11) is 0. The van der Waals surface area contributed by atoms with E-state index in [0.717, 1.165) is 0 Å². The lowest BCUT2D eigenvalue weighted by molar-refractivity contribution is 0.0183. The number of hydrogen-bond acceptors (Lipinski definition) is 2. The van der Waals surface area contributed by atoms with E-state index in [1.807, 2.05) is 0 Å². The molecule has 0 aliphatic heterocycles. The van der Waals surface area contributed by atoms with Gasteiger partial charge in [-0.3, -0.25) is 0 Å². The van der Waals surface area contributed by atoms with Gasteiger partial charge < -0.3 is 10.1 Å². The molecular formula is C14H21F2NO. The first-order chi connectivity index (χ1) is 8.49. The lowest BCUT2D eigenvalue weighted by Gasteiger charge is -2.15. The highest BCUT2D eigenvalue weighted by Gasteiger charge is 2.06. The summed E-state index contributed by atoms with van der Waals surface area (Å²) in [5.41, 5.74) is 3.67. The zero-order chi connectivity index (χ0) is 13.5. The Labute approximate surface area is 107 Å². The Balaban J connectivity index is 2.34. The molecule has 0 aliphatic carbocycles. The zero-order valence-corrected chi connectivity index (χ0v) is 11.2. The van der Waals surface area contributed by atoms with Crippen LogP contribution in [0.4, 0.5) is 8.78 Å². The summed E-state index contributed by atoms with van der Waals surface area (Å²) in [5.74, 6) is 0. The second-order valence-corrected chi connectivity index (χ2v) is 4.56. The first-order valence-corrected chi connectivity index (χ1v) is 6.16. The lowest BCUT2D eigenvalue weighted by atomic mass is 10.0. The van der Waals surface area contributed by atoms with Crippen molar-refractivity contribution in [2.45, 2.75) is 33.2 Å². The molecule has 0 saturated carbocycles. The van der Waals surface area contributed by atoms with Crippen LogP contribution < -0.4 is 5.32 Å². The van der Waals surface area contributed by atoms with Crippen LogP contribution >= 0.6 is 0 Å². The van der Waals surface area contributed by atoms with Crippen LogP contribution in [0.2, 0.25) is 0 Å². The van der Waals surface area contributed by atoms with Crippen molar-refractivity contribution in [1.29, 1.82) is 0 Å². The van der Waals surface area contributed by atoms with Gasteiger partial charge in [0.05, 0.1) is 6.61 Å². The van der Waals surface area contributed by atoms with Crippen molar-refractivity contribution >= 4 is 0 Å². The van der Waals surface area contributed by atoms with Crippen LogP contribution in [0.25, 0.3) is 0 Å². The second kappa shape index (κ2) is 7.44. The normalized spacial score (nSPS) is 13.0. The molecule has 1 unspecified atom stereocenters. The van der Waals surface area contributed by atoms with Crippen molar-refractivity contribution in [3.63, 3.8) is 0 Å². The summed E-state index contributed by atoms with van der Waals surface area (Å²) in [6.45, 7) is 6.57. The molecule has 2 nitrogen and oxygen atoms in total. The van der Waals surface area contributed by atoms with Gasteiger partial charge in [-0.2, -0.15) is 0 Å². The number of ether oxygens (including phenoxy) is 1. The Bertz CT molecular complexity index is 349. The number of hydrogen-bond donors (Lipinski definition) is 1.